The topological polar surface area (TPSA) is 128 Å². The van der Waals surface area contributed by atoms with Gasteiger partial charge in [0, 0.05) is 5.92 Å². The summed E-state index contributed by atoms with van der Waals surface area (Å²) in [6.45, 7) is 2.02. The maximum atomic E-state index is 15.2. The van der Waals surface area contributed by atoms with Crippen molar-refractivity contribution in [3.05, 3.63) is 152 Å². The van der Waals surface area contributed by atoms with Gasteiger partial charge >= 0.3 is 11.4 Å². The molecule has 0 bridgehead atoms. The number of ether oxygens (including phenoxy) is 1. The summed E-state index contributed by atoms with van der Waals surface area (Å²) in [7, 11) is 1.45. The van der Waals surface area contributed by atoms with Crippen LogP contribution in [0.2, 0.25) is 0 Å². The number of allylic oxidation sites excluding steroid dienone is 2. The normalized spacial score (nSPS) is 22.6. The number of phenols is 1. The first kappa shape index (κ1) is 30.2. The third kappa shape index (κ3) is 4.35. The third-order valence-corrected chi connectivity index (χ3v) is 10.2. The van der Waals surface area contributed by atoms with Crippen molar-refractivity contribution in [1.29, 1.82) is 0 Å². The van der Waals surface area contributed by atoms with Gasteiger partial charge in [0.25, 0.3) is 11.8 Å². The molecule has 0 radical (unpaired) electrons. The van der Waals surface area contributed by atoms with Gasteiger partial charge in [0.1, 0.15) is 0 Å². The minimum Gasteiger partial charge on any atom is -0.504 e. The Labute approximate surface area is 280 Å². The van der Waals surface area contributed by atoms with E-state index in [0.717, 1.165) is 15.1 Å². The molecule has 0 spiro atoms. The van der Waals surface area contributed by atoms with E-state index in [1.54, 1.807) is 60.7 Å². The predicted molar refractivity (Wildman–Crippen MR) is 182 cm³/mol. The van der Waals surface area contributed by atoms with E-state index in [-0.39, 0.29) is 24.5 Å². The van der Waals surface area contributed by atoms with E-state index in [0.29, 0.717) is 28.1 Å². The van der Waals surface area contributed by atoms with E-state index in [1.165, 1.54) is 16.5 Å². The predicted octanol–water partition coefficient (Wildman–Crippen LogP) is 4.44. The minimum atomic E-state index is -1.46. The Bertz CT molecular complexity index is 2270. The van der Waals surface area contributed by atoms with Crippen molar-refractivity contribution in [1.82, 2.24) is 18.9 Å². The summed E-state index contributed by atoms with van der Waals surface area (Å²) in [5.74, 6) is -2.55. The number of imide groups is 1. The molecule has 3 aliphatic rings. The van der Waals surface area contributed by atoms with Crippen molar-refractivity contribution in [3.8, 4) is 17.2 Å². The molecule has 4 aromatic carbocycles. The molecule has 2 fully saturated rings. The van der Waals surface area contributed by atoms with Crippen molar-refractivity contribution in [2.45, 2.75) is 37.3 Å². The Hall–Kier alpha value is -6.10. The molecule has 49 heavy (non-hydrogen) atoms. The standard InChI is InChI=1S/C38H33N5O6/c1-23-13-16-26(17-14-23)39-42-34(45)29-22-30-28(19-20-40-36(47)41(37(48)43(30)40)27-11-7-4-8-12-27)33(24-15-18-32(49-2)31(44)21-24)38(29,35(42)46)25-9-5-3-6-10-25/h3-19,21,29-30,33,39,44H,20,22H2,1-2H3/t29-,30+,33-,38+/m0/s1. The number of nitrogens with one attached hydrogen (secondary N) is 1. The number of fused-ring (bicyclic) bond motifs is 4. The fraction of sp³-hybridized carbons (Fsp3) is 0.211. The van der Waals surface area contributed by atoms with Gasteiger partial charge in [0.05, 0.1) is 42.4 Å². The average molecular weight is 656 g/mol. The van der Waals surface area contributed by atoms with Gasteiger partial charge in [-0.25, -0.2) is 23.5 Å². The van der Waals surface area contributed by atoms with Gasteiger partial charge < -0.3 is 9.84 Å². The highest BCUT2D eigenvalue weighted by Gasteiger charge is 2.68. The monoisotopic (exact) mass is 655 g/mol. The molecule has 11 nitrogen and oxygen atoms in total. The van der Waals surface area contributed by atoms with E-state index in [2.05, 4.69) is 5.43 Å². The number of nitrogens with zero attached hydrogens (tertiary/aromatic N) is 4. The van der Waals surface area contributed by atoms with Crippen LogP contribution in [0.3, 0.4) is 0 Å². The highest BCUT2D eigenvalue weighted by molar-refractivity contribution is 6.12. The van der Waals surface area contributed by atoms with Crippen molar-refractivity contribution >= 4 is 17.5 Å². The van der Waals surface area contributed by atoms with Crippen molar-refractivity contribution < 1.29 is 19.4 Å². The first-order valence-electron chi connectivity index (χ1n) is 16.1. The lowest BCUT2D eigenvalue weighted by Crippen LogP contribution is -2.53. The van der Waals surface area contributed by atoms with Gasteiger partial charge in [0.15, 0.2) is 11.5 Å². The second-order valence-electron chi connectivity index (χ2n) is 12.7. The van der Waals surface area contributed by atoms with Crippen LogP contribution < -0.4 is 21.5 Å². The first-order chi connectivity index (χ1) is 23.7. The number of hydrogen-bond donors (Lipinski definition) is 2. The van der Waals surface area contributed by atoms with Gasteiger partial charge in [-0.2, -0.15) is 5.01 Å². The van der Waals surface area contributed by atoms with Crippen LogP contribution in [-0.2, 0) is 21.5 Å². The molecule has 246 valence electrons. The Balaban J connectivity index is 1.38. The molecular formula is C38H33N5O6. The molecule has 3 heterocycles. The number of aromatic hydroxyl groups is 1. The van der Waals surface area contributed by atoms with Gasteiger partial charge in [-0.05, 0) is 66.4 Å². The second-order valence-corrected chi connectivity index (χ2v) is 12.7. The molecule has 2 aliphatic heterocycles. The quantitative estimate of drug-likeness (QED) is 0.205. The first-order valence-corrected chi connectivity index (χ1v) is 16.1. The van der Waals surface area contributed by atoms with Crippen LogP contribution in [0.1, 0.15) is 35.1 Å². The Morgan fingerprint density at radius 3 is 2.22 bits per heavy atom. The summed E-state index contributed by atoms with van der Waals surface area (Å²) >= 11 is 0. The molecule has 11 heteroatoms. The fourth-order valence-corrected chi connectivity index (χ4v) is 8.07. The van der Waals surface area contributed by atoms with Crippen LogP contribution in [-0.4, -0.2) is 43.0 Å². The zero-order chi connectivity index (χ0) is 34.0. The SMILES string of the molecule is COc1ccc([C@H]2C3=CCn4c(=O)n(-c5ccccc5)c(=O)n4[C@@H]3C[C@H]3C(=O)N(Nc4ccc(C)cc4)C(=O)[C@@]23c2ccccc2)cc1O. The molecule has 1 saturated heterocycles. The fourth-order valence-electron chi connectivity index (χ4n) is 8.07. The van der Waals surface area contributed by atoms with Gasteiger partial charge in [-0.15, -0.1) is 0 Å². The molecule has 4 atom stereocenters. The average Bonchev–Trinajstić information content (AvgIpc) is 3.50. The highest BCUT2D eigenvalue weighted by atomic mass is 16.5. The van der Waals surface area contributed by atoms with Crippen LogP contribution in [0.5, 0.6) is 11.5 Å². The largest absolute Gasteiger partial charge is 0.504 e. The lowest BCUT2D eigenvalue weighted by Gasteiger charge is -2.49. The Morgan fingerprint density at radius 1 is 0.857 bits per heavy atom. The summed E-state index contributed by atoms with van der Waals surface area (Å²) in [5, 5.41) is 12.1. The molecule has 1 aliphatic carbocycles. The van der Waals surface area contributed by atoms with Crippen LogP contribution in [0.15, 0.2) is 124 Å². The summed E-state index contributed by atoms with van der Waals surface area (Å²) < 4.78 is 9.31. The number of rotatable bonds is 6. The summed E-state index contributed by atoms with van der Waals surface area (Å²) in [4.78, 5) is 57.9. The van der Waals surface area contributed by atoms with Gasteiger partial charge in [-0.3, -0.25) is 15.0 Å². The number of hydrazine groups is 1. The number of aryl methyl sites for hydroxylation is 1. The number of methoxy groups -OCH3 is 1. The Morgan fingerprint density at radius 2 is 1.55 bits per heavy atom. The van der Waals surface area contributed by atoms with E-state index >= 15 is 4.79 Å². The van der Waals surface area contributed by atoms with Crippen molar-refractivity contribution in [2.24, 2.45) is 5.92 Å². The third-order valence-electron chi connectivity index (χ3n) is 10.2. The smallest absolute Gasteiger partial charge is 0.352 e. The van der Waals surface area contributed by atoms with E-state index in [1.807, 2.05) is 55.5 Å². The van der Waals surface area contributed by atoms with Crippen LogP contribution in [0.25, 0.3) is 5.69 Å². The molecule has 2 N–H and O–H groups in total. The van der Waals surface area contributed by atoms with E-state index < -0.39 is 46.5 Å². The van der Waals surface area contributed by atoms with E-state index in [4.69, 9.17) is 4.74 Å². The van der Waals surface area contributed by atoms with Crippen molar-refractivity contribution in [2.75, 3.05) is 12.5 Å². The number of benzene rings is 4. The second kappa shape index (κ2) is 11.3. The Kier molecular flexibility index (Phi) is 6.95. The van der Waals surface area contributed by atoms with Gasteiger partial charge in [0.2, 0.25) is 0 Å². The lowest BCUT2D eigenvalue weighted by atomic mass is 9.53. The number of hydrogen-bond acceptors (Lipinski definition) is 7. The van der Waals surface area contributed by atoms with Crippen LogP contribution in [0.4, 0.5) is 5.69 Å². The molecule has 1 aromatic heterocycles. The molecule has 5 aromatic rings. The number of anilines is 1. The number of carbonyl (C=O) groups excluding carboxylic acids is 2. The molecule has 2 amide bonds. The van der Waals surface area contributed by atoms with Gasteiger partial charge in [-0.1, -0.05) is 78.4 Å². The maximum absolute atomic E-state index is 15.2. The highest BCUT2D eigenvalue weighted by Crippen LogP contribution is 2.62. The number of para-hydroxylation sites is 1. The number of carbonyl (C=O) groups is 2. The van der Waals surface area contributed by atoms with Crippen LogP contribution in [0, 0.1) is 12.8 Å². The summed E-state index contributed by atoms with van der Waals surface area (Å²) in [6.07, 6.45) is 1.97. The number of amides is 2. The minimum absolute atomic E-state index is 0.0708. The molecular weight excluding hydrogens is 622 g/mol. The molecule has 8 rings (SSSR count). The summed E-state index contributed by atoms with van der Waals surface area (Å²) in [5.41, 5.74) is 4.49. The van der Waals surface area contributed by atoms with Crippen LogP contribution >= 0.6 is 0 Å². The lowest BCUT2D eigenvalue weighted by molar-refractivity contribution is -0.138. The number of aromatic nitrogens is 3. The van der Waals surface area contributed by atoms with Crippen molar-refractivity contribution in [3.63, 3.8) is 0 Å². The zero-order valence-corrected chi connectivity index (χ0v) is 26.8. The molecule has 0 unspecified atom stereocenters. The zero-order valence-electron chi connectivity index (χ0n) is 26.8. The summed E-state index contributed by atoms with van der Waals surface area (Å²) in [6, 6.07) is 29.5. The molecule has 1 saturated carbocycles. The van der Waals surface area contributed by atoms with E-state index in [9.17, 15) is 19.5 Å². The number of phenolic OH excluding ortho intramolecular Hbond substituents is 1. The maximum Gasteiger partial charge on any atom is 0.352 e.